The highest BCUT2D eigenvalue weighted by atomic mass is 16.4. The third kappa shape index (κ3) is 4.09. The van der Waals surface area contributed by atoms with Crippen LogP contribution < -0.4 is 10.6 Å². The molecule has 108 valence electrons. The van der Waals surface area contributed by atoms with E-state index in [4.69, 9.17) is 10.2 Å². The van der Waals surface area contributed by atoms with Crippen molar-refractivity contribution in [2.45, 2.75) is 31.4 Å². The molecule has 4 N–H and O–H groups in total. The zero-order valence-electron chi connectivity index (χ0n) is 10.8. The number of likely N-dealkylation sites (N-methyl/N-ethyl adjacent to an activating group) is 1. The van der Waals surface area contributed by atoms with Gasteiger partial charge >= 0.3 is 12.0 Å². The van der Waals surface area contributed by atoms with Gasteiger partial charge in [-0.25, -0.2) is 9.59 Å². The molecular formula is C11H19N3O5. The van der Waals surface area contributed by atoms with Gasteiger partial charge in [0, 0.05) is 13.6 Å². The summed E-state index contributed by atoms with van der Waals surface area (Å²) in [5.74, 6) is -1.64. The Bertz CT molecular complexity index is 360. The molecule has 2 atom stereocenters. The van der Waals surface area contributed by atoms with Crippen LogP contribution in [-0.4, -0.2) is 65.3 Å². The zero-order valence-corrected chi connectivity index (χ0v) is 10.8. The first kappa shape index (κ1) is 15.2. The van der Waals surface area contributed by atoms with Crippen LogP contribution in [0.5, 0.6) is 0 Å². The van der Waals surface area contributed by atoms with Gasteiger partial charge in [-0.3, -0.25) is 4.79 Å². The molecule has 1 rings (SSSR count). The smallest absolute Gasteiger partial charge is 0.334 e. The number of aliphatic carboxylic acids is 1. The average molecular weight is 273 g/mol. The lowest BCUT2D eigenvalue weighted by Gasteiger charge is -2.34. The average Bonchev–Trinajstić information content (AvgIpc) is 2.43. The molecule has 0 radical (unpaired) electrons. The van der Waals surface area contributed by atoms with E-state index in [-0.39, 0.29) is 12.5 Å². The molecule has 8 nitrogen and oxygen atoms in total. The Morgan fingerprint density at radius 3 is 2.63 bits per heavy atom. The van der Waals surface area contributed by atoms with Crippen molar-refractivity contribution in [2.75, 3.05) is 20.1 Å². The van der Waals surface area contributed by atoms with Gasteiger partial charge in [-0.2, -0.15) is 0 Å². The van der Waals surface area contributed by atoms with Crippen molar-refractivity contribution in [1.82, 2.24) is 15.5 Å². The maximum Gasteiger partial charge on any atom is 0.334 e. The van der Waals surface area contributed by atoms with E-state index in [9.17, 15) is 14.4 Å². The van der Waals surface area contributed by atoms with E-state index in [0.717, 1.165) is 12.8 Å². The molecule has 1 heterocycles. The highest BCUT2D eigenvalue weighted by Crippen LogP contribution is 2.17. The summed E-state index contributed by atoms with van der Waals surface area (Å²) in [7, 11) is 1.50. The predicted octanol–water partition coefficient (Wildman–Crippen LogP) is -1.26. The van der Waals surface area contributed by atoms with Crippen molar-refractivity contribution in [1.29, 1.82) is 0 Å². The molecule has 0 bridgehead atoms. The number of rotatable bonds is 4. The number of carbonyl (C=O) groups excluding carboxylic acids is 2. The summed E-state index contributed by atoms with van der Waals surface area (Å²) in [5, 5.41) is 22.4. The Morgan fingerprint density at radius 1 is 1.37 bits per heavy atom. The van der Waals surface area contributed by atoms with Gasteiger partial charge in [-0.1, -0.05) is 0 Å². The minimum Gasteiger partial charge on any atom is -0.479 e. The number of aliphatic hydroxyl groups excluding tert-OH is 1. The van der Waals surface area contributed by atoms with Gasteiger partial charge in [0.1, 0.15) is 6.04 Å². The molecule has 0 aliphatic carbocycles. The summed E-state index contributed by atoms with van der Waals surface area (Å²) in [4.78, 5) is 35.3. The molecule has 19 heavy (non-hydrogen) atoms. The number of carboxylic acids is 1. The molecule has 0 aromatic carbocycles. The fourth-order valence-electron chi connectivity index (χ4n) is 1.99. The summed E-state index contributed by atoms with van der Waals surface area (Å²) < 4.78 is 0. The molecule has 3 amide bonds. The van der Waals surface area contributed by atoms with Gasteiger partial charge in [-0.15, -0.1) is 0 Å². The van der Waals surface area contributed by atoms with Gasteiger partial charge in [0.15, 0.2) is 6.10 Å². The van der Waals surface area contributed by atoms with Crippen LogP contribution in [0.25, 0.3) is 0 Å². The first-order valence-electron chi connectivity index (χ1n) is 6.14. The molecule has 1 saturated heterocycles. The van der Waals surface area contributed by atoms with Crippen molar-refractivity contribution >= 4 is 17.9 Å². The van der Waals surface area contributed by atoms with Crippen molar-refractivity contribution in [3.63, 3.8) is 0 Å². The topological polar surface area (TPSA) is 119 Å². The lowest BCUT2D eigenvalue weighted by molar-refractivity contribution is -0.146. The van der Waals surface area contributed by atoms with Crippen molar-refractivity contribution < 1.29 is 24.6 Å². The van der Waals surface area contributed by atoms with Crippen molar-refractivity contribution in [3.05, 3.63) is 0 Å². The zero-order chi connectivity index (χ0) is 14.4. The summed E-state index contributed by atoms with van der Waals surface area (Å²) in [6.07, 6.45) is 0.587. The lowest BCUT2D eigenvalue weighted by Crippen LogP contribution is -2.55. The first-order chi connectivity index (χ1) is 8.97. The molecule has 0 aromatic rings. The Labute approximate surface area is 110 Å². The van der Waals surface area contributed by atoms with Crippen LogP contribution in [-0.2, 0) is 9.59 Å². The SMILES string of the molecule is CNC(=O)C1CCCCN1C(=O)NC[C@H](O)C(=O)O. The van der Waals surface area contributed by atoms with Crippen LogP contribution in [0.2, 0.25) is 0 Å². The predicted molar refractivity (Wildman–Crippen MR) is 65.5 cm³/mol. The molecule has 0 aromatic heterocycles. The maximum atomic E-state index is 11.9. The number of piperidine rings is 1. The van der Waals surface area contributed by atoms with E-state index in [2.05, 4.69) is 10.6 Å². The normalized spacial score (nSPS) is 20.5. The van der Waals surface area contributed by atoms with E-state index in [1.54, 1.807) is 0 Å². The molecule has 1 aliphatic rings. The van der Waals surface area contributed by atoms with Gasteiger partial charge < -0.3 is 25.7 Å². The summed E-state index contributed by atoms with van der Waals surface area (Å²) >= 11 is 0. The van der Waals surface area contributed by atoms with E-state index < -0.39 is 24.1 Å². The maximum absolute atomic E-state index is 11.9. The fraction of sp³-hybridized carbons (Fsp3) is 0.727. The van der Waals surface area contributed by atoms with Gasteiger partial charge in [-0.05, 0) is 19.3 Å². The number of likely N-dealkylation sites (tertiary alicyclic amines) is 1. The second-order valence-corrected chi connectivity index (χ2v) is 4.36. The Kier molecular flexibility index (Phi) is 5.56. The molecule has 8 heteroatoms. The Hall–Kier alpha value is -1.83. The van der Waals surface area contributed by atoms with Gasteiger partial charge in [0.05, 0.1) is 6.54 Å². The molecule has 0 saturated carbocycles. The number of nitrogens with zero attached hydrogens (tertiary/aromatic N) is 1. The third-order valence-corrected chi connectivity index (χ3v) is 3.04. The standard InChI is InChI=1S/C11H19N3O5/c1-12-9(16)7-4-2-3-5-14(7)11(19)13-6-8(15)10(17)18/h7-8,15H,2-6H2,1H3,(H,12,16)(H,13,19)(H,17,18)/t7?,8-/m0/s1. The Balaban J connectivity index is 2.57. The Morgan fingerprint density at radius 2 is 2.05 bits per heavy atom. The largest absolute Gasteiger partial charge is 0.479 e. The number of amides is 3. The number of carbonyl (C=O) groups is 3. The van der Waals surface area contributed by atoms with Gasteiger partial charge in [0.2, 0.25) is 5.91 Å². The molecular weight excluding hydrogens is 254 g/mol. The quantitative estimate of drug-likeness (QED) is 0.510. The van der Waals surface area contributed by atoms with Crippen LogP contribution in [0.1, 0.15) is 19.3 Å². The van der Waals surface area contributed by atoms with Crippen LogP contribution in [0.15, 0.2) is 0 Å². The number of nitrogens with one attached hydrogen (secondary N) is 2. The van der Waals surface area contributed by atoms with Crippen LogP contribution in [0.3, 0.4) is 0 Å². The summed E-state index contributed by atoms with van der Waals surface area (Å²) in [5.41, 5.74) is 0. The van der Waals surface area contributed by atoms with E-state index >= 15 is 0 Å². The van der Waals surface area contributed by atoms with Crippen LogP contribution in [0, 0.1) is 0 Å². The molecule has 1 aliphatic heterocycles. The molecule has 1 fully saturated rings. The van der Waals surface area contributed by atoms with E-state index in [0.29, 0.717) is 13.0 Å². The van der Waals surface area contributed by atoms with Crippen molar-refractivity contribution in [3.8, 4) is 0 Å². The number of urea groups is 1. The van der Waals surface area contributed by atoms with Crippen molar-refractivity contribution in [2.24, 2.45) is 0 Å². The second kappa shape index (κ2) is 6.93. The molecule has 1 unspecified atom stereocenters. The lowest BCUT2D eigenvalue weighted by atomic mass is 10.0. The summed E-state index contributed by atoms with van der Waals surface area (Å²) in [6, 6.07) is -1.07. The third-order valence-electron chi connectivity index (χ3n) is 3.04. The minimum absolute atomic E-state index is 0.242. The summed E-state index contributed by atoms with van der Waals surface area (Å²) in [6.45, 7) is 0.0538. The van der Waals surface area contributed by atoms with E-state index in [1.165, 1.54) is 11.9 Å². The number of carboxylic acid groups (broad SMARTS) is 1. The minimum atomic E-state index is -1.65. The highest BCUT2D eigenvalue weighted by molar-refractivity contribution is 5.87. The number of aliphatic hydroxyl groups is 1. The monoisotopic (exact) mass is 273 g/mol. The molecule has 0 spiro atoms. The first-order valence-corrected chi connectivity index (χ1v) is 6.14. The highest BCUT2D eigenvalue weighted by Gasteiger charge is 2.31. The van der Waals surface area contributed by atoms with Crippen LogP contribution in [0.4, 0.5) is 4.79 Å². The fourth-order valence-corrected chi connectivity index (χ4v) is 1.99. The number of hydrogen-bond acceptors (Lipinski definition) is 4. The van der Waals surface area contributed by atoms with Crippen LogP contribution >= 0.6 is 0 Å². The number of hydrogen-bond donors (Lipinski definition) is 4. The van der Waals surface area contributed by atoms with Gasteiger partial charge in [0.25, 0.3) is 0 Å². The second-order valence-electron chi connectivity index (χ2n) is 4.36. The van der Waals surface area contributed by atoms with E-state index in [1.807, 2.05) is 0 Å².